The zero-order valence-electron chi connectivity index (χ0n) is 16.6. The van der Waals surface area contributed by atoms with Crippen LogP contribution in [0, 0.1) is 17.8 Å². The molecule has 0 amide bonds. The van der Waals surface area contributed by atoms with Crippen LogP contribution < -0.4 is 0 Å². The van der Waals surface area contributed by atoms with E-state index in [1.807, 2.05) is 0 Å². The number of pyridine rings is 1. The maximum Gasteiger partial charge on any atom is 0.433 e. The summed E-state index contributed by atoms with van der Waals surface area (Å²) in [5.74, 6) is 0. The molecule has 0 aromatic carbocycles. The number of sulfonamides is 1. The van der Waals surface area contributed by atoms with Crippen molar-refractivity contribution >= 4 is 10.0 Å². The first-order chi connectivity index (χ1) is 13.4. The molecule has 3 saturated heterocycles. The van der Waals surface area contributed by atoms with E-state index in [-0.39, 0.29) is 21.4 Å². The quantitative estimate of drug-likeness (QED) is 0.730. The van der Waals surface area contributed by atoms with E-state index in [0.717, 1.165) is 57.8 Å². The summed E-state index contributed by atoms with van der Waals surface area (Å²) in [4.78, 5) is 5.69. The first-order valence-electron chi connectivity index (χ1n) is 9.78. The van der Waals surface area contributed by atoms with Crippen molar-refractivity contribution in [3.05, 3.63) is 23.5 Å². The minimum Gasteiger partial charge on any atom is -0.381 e. The van der Waals surface area contributed by atoms with Crippen LogP contribution in [0.5, 0.6) is 0 Å². The van der Waals surface area contributed by atoms with Crippen LogP contribution in [0.1, 0.15) is 31.2 Å². The molecule has 0 saturated carbocycles. The molecule has 0 N–H and O–H groups in total. The van der Waals surface area contributed by atoms with E-state index in [1.54, 1.807) is 0 Å². The van der Waals surface area contributed by atoms with Gasteiger partial charge in [-0.05, 0) is 37.3 Å². The molecule has 1 aromatic heterocycles. The normalized spacial score (nSPS) is 24.9. The van der Waals surface area contributed by atoms with E-state index in [4.69, 9.17) is 4.74 Å². The first kappa shape index (κ1) is 21.0. The Bertz CT molecular complexity index is 884. The molecule has 3 aliphatic rings. The van der Waals surface area contributed by atoms with Crippen molar-refractivity contribution in [1.29, 1.82) is 0 Å². The first-order valence-corrected chi connectivity index (χ1v) is 11.2. The van der Waals surface area contributed by atoms with Gasteiger partial charge >= 0.3 is 6.18 Å². The molecular formula is C19H26F3N3O3S. The van der Waals surface area contributed by atoms with Crippen LogP contribution in [0.3, 0.4) is 0 Å². The molecule has 0 bridgehead atoms. The highest BCUT2D eigenvalue weighted by atomic mass is 32.2. The SMILES string of the molecule is Cc1nc(C(F)(F)F)ccc1S(=O)(=O)N1CC2(CN(CC3(C)CCOCC3)C2)C1. The lowest BCUT2D eigenvalue weighted by Crippen LogP contribution is -2.73. The van der Waals surface area contributed by atoms with Gasteiger partial charge in [-0.15, -0.1) is 0 Å². The average molecular weight is 433 g/mol. The van der Waals surface area contributed by atoms with Crippen molar-refractivity contribution in [1.82, 2.24) is 14.2 Å². The van der Waals surface area contributed by atoms with Crippen molar-refractivity contribution in [2.45, 2.75) is 37.8 Å². The van der Waals surface area contributed by atoms with Crippen LogP contribution in [0.15, 0.2) is 17.0 Å². The summed E-state index contributed by atoms with van der Waals surface area (Å²) < 4.78 is 70.9. The smallest absolute Gasteiger partial charge is 0.381 e. The second-order valence-corrected chi connectivity index (χ2v) is 11.0. The summed E-state index contributed by atoms with van der Waals surface area (Å²) in [5.41, 5.74) is -0.978. The molecule has 1 spiro atoms. The summed E-state index contributed by atoms with van der Waals surface area (Å²) in [7, 11) is -3.83. The van der Waals surface area contributed by atoms with E-state index < -0.39 is 21.9 Å². The van der Waals surface area contributed by atoms with Crippen LogP contribution in [-0.2, 0) is 20.9 Å². The maximum atomic E-state index is 12.9. The fourth-order valence-corrected chi connectivity index (χ4v) is 6.59. The van der Waals surface area contributed by atoms with Crippen molar-refractivity contribution in [2.75, 3.05) is 45.9 Å². The Morgan fingerprint density at radius 2 is 1.76 bits per heavy atom. The standard InChI is InChI=1S/C19H26F3N3O3S/c1-14-15(3-4-16(23-14)19(20,21)22)29(26,27)25-12-18(13-25)10-24(11-18)9-17(2)5-7-28-8-6-17/h3-4H,5-13H2,1-2H3. The van der Waals surface area contributed by atoms with Gasteiger partial charge in [-0.3, -0.25) is 0 Å². The lowest BCUT2D eigenvalue weighted by Gasteiger charge is -2.61. The van der Waals surface area contributed by atoms with Gasteiger partial charge in [0.2, 0.25) is 10.0 Å². The van der Waals surface area contributed by atoms with Crippen LogP contribution in [0.2, 0.25) is 0 Å². The number of aromatic nitrogens is 1. The zero-order valence-corrected chi connectivity index (χ0v) is 17.4. The van der Waals surface area contributed by atoms with Crippen LogP contribution in [0.25, 0.3) is 0 Å². The van der Waals surface area contributed by atoms with Crippen molar-refractivity contribution in [2.24, 2.45) is 10.8 Å². The molecule has 0 radical (unpaired) electrons. The molecule has 3 aliphatic heterocycles. The van der Waals surface area contributed by atoms with Gasteiger partial charge in [0.1, 0.15) is 10.6 Å². The predicted molar refractivity (Wildman–Crippen MR) is 99.8 cm³/mol. The summed E-state index contributed by atoms with van der Waals surface area (Å²) in [6.07, 6.45) is -2.52. The molecule has 4 heterocycles. The number of nitrogens with zero attached hydrogens (tertiary/aromatic N) is 3. The Hall–Kier alpha value is -1.23. The highest BCUT2D eigenvalue weighted by Crippen LogP contribution is 2.44. The number of ether oxygens (including phenoxy) is 1. The molecule has 0 unspecified atom stereocenters. The fraction of sp³-hybridized carbons (Fsp3) is 0.737. The second kappa shape index (κ2) is 6.90. The van der Waals surface area contributed by atoms with Gasteiger partial charge in [-0.2, -0.15) is 17.5 Å². The van der Waals surface area contributed by atoms with Gasteiger partial charge in [-0.25, -0.2) is 13.4 Å². The number of rotatable bonds is 4. The molecule has 4 rings (SSSR count). The summed E-state index contributed by atoms with van der Waals surface area (Å²) >= 11 is 0. The van der Waals surface area contributed by atoms with Gasteiger partial charge < -0.3 is 9.64 Å². The molecule has 3 fully saturated rings. The van der Waals surface area contributed by atoms with E-state index in [1.165, 1.54) is 11.2 Å². The van der Waals surface area contributed by atoms with Gasteiger partial charge in [0.25, 0.3) is 0 Å². The molecular weight excluding hydrogens is 407 g/mol. The number of halogens is 3. The Morgan fingerprint density at radius 1 is 1.14 bits per heavy atom. The average Bonchev–Trinajstić information content (AvgIpc) is 2.55. The molecule has 0 atom stereocenters. The summed E-state index contributed by atoms with van der Waals surface area (Å²) in [6.45, 7) is 8.70. The third-order valence-electron chi connectivity index (χ3n) is 6.39. The third kappa shape index (κ3) is 3.92. The lowest BCUT2D eigenvalue weighted by molar-refractivity contribution is -0.141. The minimum absolute atomic E-state index is 0.0260. The monoisotopic (exact) mass is 433 g/mol. The second-order valence-electron chi connectivity index (χ2n) is 9.12. The Balaban J connectivity index is 1.36. The van der Waals surface area contributed by atoms with E-state index in [9.17, 15) is 21.6 Å². The topological polar surface area (TPSA) is 62.7 Å². The predicted octanol–water partition coefficient (Wildman–Crippen LogP) is 2.53. The number of hydrogen-bond acceptors (Lipinski definition) is 5. The van der Waals surface area contributed by atoms with E-state index in [0.29, 0.717) is 13.1 Å². The summed E-state index contributed by atoms with van der Waals surface area (Å²) in [5, 5.41) is 0. The Morgan fingerprint density at radius 3 is 2.31 bits per heavy atom. The molecule has 162 valence electrons. The van der Waals surface area contributed by atoms with Crippen molar-refractivity contribution in [3.63, 3.8) is 0 Å². The minimum atomic E-state index is -4.59. The van der Waals surface area contributed by atoms with E-state index >= 15 is 0 Å². The van der Waals surface area contributed by atoms with Gasteiger partial charge in [0.05, 0.1) is 5.69 Å². The number of likely N-dealkylation sites (tertiary alicyclic amines) is 1. The number of hydrogen-bond donors (Lipinski definition) is 0. The molecule has 29 heavy (non-hydrogen) atoms. The van der Waals surface area contributed by atoms with Gasteiger partial charge in [0, 0.05) is 51.4 Å². The van der Waals surface area contributed by atoms with Gasteiger partial charge in [0.15, 0.2) is 0 Å². The van der Waals surface area contributed by atoms with Crippen molar-refractivity contribution < 1.29 is 26.3 Å². The Kier molecular flexibility index (Phi) is 5.00. The van der Waals surface area contributed by atoms with Crippen molar-refractivity contribution in [3.8, 4) is 0 Å². The molecule has 10 heteroatoms. The Labute approximate surface area is 169 Å². The summed E-state index contributed by atoms with van der Waals surface area (Å²) in [6, 6.07) is 1.75. The van der Waals surface area contributed by atoms with Crippen LogP contribution in [0.4, 0.5) is 13.2 Å². The van der Waals surface area contributed by atoms with Crippen LogP contribution >= 0.6 is 0 Å². The molecule has 1 aromatic rings. The molecule has 6 nitrogen and oxygen atoms in total. The van der Waals surface area contributed by atoms with Crippen LogP contribution in [-0.4, -0.2) is 68.5 Å². The largest absolute Gasteiger partial charge is 0.433 e. The fourth-order valence-electron chi connectivity index (χ4n) is 4.77. The van der Waals surface area contributed by atoms with E-state index in [2.05, 4.69) is 16.8 Å². The number of aryl methyl sites for hydroxylation is 1. The maximum absolute atomic E-state index is 12.9. The molecule has 0 aliphatic carbocycles. The highest BCUT2D eigenvalue weighted by molar-refractivity contribution is 7.89. The lowest BCUT2D eigenvalue weighted by atomic mass is 9.72. The zero-order chi connectivity index (χ0) is 21.1. The van der Waals surface area contributed by atoms with Gasteiger partial charge in [-0.1, -0.05) is 6.92 Å². The number of alkyl halides is 3. The highest BCUT2D eigenvalue weighted by Gasteiger charge is 2.56. The third-order valence-corrected chi connectivity index (χ3v) is 8.32.